The predicted octanol–water partition coefficient (Wildman–Crippen LogP) is 4.83. The Bertz CT molecular complexity index is 1170. The summed E-state index contributed by atoms with van der Waals surface area (Å²) >= 11 is 1.72. The van der Waals surface area contributed by atoms with Crippen molar-refractivity contribution in [2.75, 3.05) is 52.8 Å². The average Bonchev–Trinajstić information content (AvgIpc) is 3.54. The van der Waals surface area contributed by atoms with Crippen molar-refractivity contribution >= 4 is 22.2 Å². The maximum Gasteiger partial charge on any atom is 0.291 e. The number of nitrogens with zero attached hydrogens (tertiary/aromatic N) is 2. The van der Waals surface area contributed by atoms with Crippen molar-refractivity contribution in [1.82, 2.24) is 9.80 Å². The van der Waals surface area contributed by atoms with E-state index in [-0.39, 0.29) is 11.9 Å². The second kappa shape index (κ2) is 10.4. The number of hydrogen-bond acceptors (Lipinski definition) is 7. The van der Waals surface area contributed by atoms with Crippen LogP contribution in [0, 0.1) is 0 Å². The lowest BCUT2D eigenvalue weighted by molar-refractivity contribution is 0.0996. The van der Waals surface area contributed by atoms with Crippen LogP contribution in [0.25, 0.3) is 0 Å². The van der Waals surface area contributed by atoms with Crippen molar-refractivity contribution in [3.05, 3.63) is 63.9 Å². The van der Waals surface area contributed by atoms with E-state index in [0.29, 0.717) is 5.76 Å². The third-order valence-corrected chi connectivity index (χ3v) is 8.31. The number of likely N-dealkylation sites (N-methyl/N-ethyl adjacent to an activating group) is 1. The van der Waals surface area contributed by atoms with Crippen molar-refractivity contribution in [1.29, 1.82) is 0 Å². The molecule has 1 saturated heterocycles. The maximum absolute atomic E-state index is 13.1. The molecule has 1 aliphatic heterocycles. The number of carbonyl (C=O) groups excluding carboxylic acids is 1. The summed E-state index contributed by atoms with van der Waals surface area (Å²) in [5.74, 6) is 1.56. The number of benzene rings is 1. The van der Waals surface area contributed by atoms with E-state index < -0.39 is 0 Å². The smallest absolute Gasteiger partial charge is 0.291 e. The topological polar surface area (TPSA) is 67.2 Å². The minimum absolute atomic E-state index is 0.0567. The first-order valence-corrected chi connectivity index (χ1v) is 13.0. The summed E-state index contributed by atoms with van der Waals surface area (Å²) in [6.45, 7) is 3.84. The molecule has 7 nitrogen and oxygen atoms in total. The van der Waals surface area contributed by atoms with Gasteiger partial charge in [0.15, 0.2) is 17.3 Å². The van der Waals surface area contributed by atoms with Crippen LogP contribution < -0.4 is 14.8 Å². The molecule has 1 aromatic carbocycles. The number of fused-ring (bicyclic) bond motifs is 1. The van der Waals surface area contributed by atoms with Gasteiger partial charge in [0.2, 0.25) is 0 Å². The van der Waals surface area contributed by atoms with Gasteiger partial charge < -0.3 is 24.1 Å². The zero-order chi connectivity index (χ0) is 24.4. The summed E-state index contributed by atoms with van der Waals surface area (Å²) in [6.07, 6.45) is 5.94. The van der Waals surface area contributed by atoms with E-state index in [0.717, 1.165) is 67.5 Å². The van der Waals surface area contributed by atoms with Crippen LogP contribution in [0.3, 0.4) is 0 Å². The molecule has 2 aliphatic rings. The summed E-state index contributed by atoms with van der Waals surface area (Å²) < 4.78 is 17.0. The molecule has 1 unspecified atom stereocenters. The molecule has 8 heteroatoms. The Balaban J connectivity index is 1.66. The lowest BCUT2D eigenvalue weighted by Gasteiger charge is -2.39. The number of aryl methyl sites for hydroxylation is 1. The van der Waals surface area contributed by atoms with Gasteiger partial charge in [-0.05, 0) is 56.5 Å². The number of methoxy groups -OCH3 is 2. The molecular weight excluding hydrogens is 462 g/mol. The number of thiophene rings is 1. The molecule has 0 saturated carbocycles. The highest BCUT2D eigenvalue weighted by molar-refractivity contribution is 7.16. The van der Waals surface area contributed by atoms with Gasteiger partial charge in [-0.1, -0.05) is 12.1 Å². The number of hydrogen-bond donors (Lipinski definition) is 1. The summed E-state index contributed by atoms with van der Waals surface area (Å²) in [7, 11) is 5.54. The molecule has 1 aliphatic carbocycles. The Morgan fingerprint density at radius 2 is 1.86 bits per heavy atom. The third-order valence-electron chi connectivity index (χ3n) is 7.09. The van der Waals surface area contributed by atoms with Crippen molar-refractivity contribution in [2.24, 2.45) is 0 Å². The molecule has 5 rings (SSSR count). The molecule has 35 heavy (non-hydrogen) atoms. The number of piperazine rings is 1. The van der Waals surface area contributed by atoms with Crippen molar-refractivity contribution in [3.8, 4) is 11.5 Å². The monoisotopic (exact) mass is 495 g/mol. The third kappa shape index (κ3) is 4.70. The van der Waals surface area contributed by atoms with Gasteiger partial charge in [0.1, 0.15) is 5.00 Å². The van der Waals surface area contributed by atoms with Gasteiger partial charge in [0.05, 0.1) is 26.5 Å². The van der Waals surface area contributed by atoms with Crippen molar-refractivity contribution < 1.29 is 18.7 Å². The molecule has 1 atom stereocenters. The number of carbonyl (C=O) groups is 1. The predicted molar refractivity (Wildman–Crippen MR) is 138 cm³/mol. The Hall–Kier alpha value is -2.81. The number of anilines is 1. The largest absolute Gasteiger partial charge is 0.493 e. The SMILES string of the molecule is COc1cccc(C(c2c(NC(=O)c3ccco3)sc3c2CCCC3)N2CCN(C)CC2)c1OC. The first-order valence-electron chi connectivity index (χ1n) is 12.2. The fraction of sp³-hybridized carbons (Fsp3) is 0.444. The highest BCUT2D eigenvalue weighted by Crippen LogP contribution is 2.48. The van der Waals surface area contributed by atoms with Gasteiger partial charge in [-0.15, -0.1) is 11.3 Å². The van der Waals surface area contributed by atoms with E-state index in [1.165, 1.54) is 28.7 Å². The number of furan rings is 1. The lowest BCUT2D eigenvalue weighted by atomic mass is 9.88. The normalized spacial score (nSPS) is 17.6. The minimum atomic E-state index is -0.218. The molecule has 1 fully saturated rings. The number of ether oxygens (including phenoxy) is 2. The second-order valence-electron chi connectivity index (χ2n) is 9.21. The molecule has 0 spiro atoms. The van der Waals surface area contributed by atoms with Crippen LogP contribution in [-0.2, 0) is 12.8 Å². The van der Waals surface area contributed by atoms with Crippen LogP contribution in [0.5, 0.6) is 11.5 Å². The van der Waals surface area contributed by atoms with E-state index in [9.17, 15) is 4.79 Å². The van der Waals surface area contributed by atoms with Crippen LogP contribution in [0.1, 0.15) is 51.0 Å². The van der Waals surface area contributed by atoms with Gasteiger partial charge >= 0.3 is 0 Å². The Kier molecular flexibility index (Phi) is 7.13. The first kappa shape index (κ1) is 23.9. The fourth-order valence-electron chi connectivity index (χ4n) is 5.29. The fourth-order valence-corrected chi connectivity index (χ4v) is 6.60. The van der Waals surface area contributed by atoms with Crippen LogP contribution >= 0.6 is 11.3 Å². The van der Waals surface area contributed by atoms with E-state index >= 15 is 0 Å². The summed E-state index contributed by atoms with van der Waals surface area (Å²) in [5, 5.41) is 4.12. The lowest BCUT2D eigenvalue weighted by Crippen LogP contribution is -2.46. The number of rotatable bonds is 7. The van der Waals surface area contributed by atoms with Gasteiger partial charge in [0, 0.05) is 42.2 Å². The highest BCUT2D eigenvalue weighted by Gasteiger charge is 2.35. The zero-order valence-electron chi connectivity index (χ0n) is 20.6. The quantitative estimate of drug-likeness (QED) is 0.507. The number of nitrogens with one attached hydrogen (secondary N) is 1. The summed E-state index contributed by atoms with van der Waals surface area (Å²) in [5.41, 5.74) is 3.64. The van der Waals surface area contributed by atoms with Crippen molar-refractivity contribution in [3.63, 3.8) is 0 Å². The average molecular weight is 496 g/mol. The van der Waals surface area contributed by atoms with E-state index in [1.54, 1.807) is 37.7 Å². The van der Waals surface area contributed by atoms with Gasteiger partial charge in [-0.2, -0.15) is 0 Å². The van der Waals surface area contributed by atoms with Gasteiger partial charge in [0.25, 0.3) is 5.91 Å². The van der Waals surface area contributed by atoms with Gasteiger partial charge in [-0.25, -0.2) is 0 Å². The van der Waals surface area contributed by atoms with Crippen LogP contribution in [0.4, 0.5) is 5.00 Å². The van der Waals surface area contributed by atoms with Crippen LogP contribution in [0.15, 0.2) is 41.0 Å². The second-order valence-corrected chi connectivity index (χ2v) is 10.3. The summed E-state index contributed by atoms with van der Waals surface area (Å²) in [6, 6.07) is 9.48. The molecule has 2 aromatic heterocycles. The molecule has 3 aromatic rings. The molecule has 1 amide bonds. The first-order chi connectivity index (χ1) is 17.1. The van der Waals surface area contributed by atoms with Gasteiger partial charge in [-0.3, -0.25) is 9.69 Å². The minimum Gasteiger partial charge on any atom is -0.493 e. The Labute approximate surface area is 210 Å². The van der Waals surface area contributed by atoms with Crippen LogP contribution in [0.2, 0.25) is 0 Å². The maximum atomic E-state index is 13.1. The number of para-hydroxylation sites is 1. The summed E-state index contributed by atoms with van der Waals surface area (Å²) in [4.78, 5) is 19.3. The van der Waals surface area contributed by atoms with E-state index in [2.05, 4.69) is 28.2 Å². The Morgan fingerprint density at radius 3 is 2.57 bits per heavy atom. The molecule has 186 valence electrons. The number of amides is 1. The van der Waals surface area contributed by atoms with E-state index in [1.807, 2.05) is 12.1 Å². The van der Waals surface area contributed by atoms with Crippen molar-refractivity contribution in [2.45, 2.75) is 31.7 Å². The molecule has 3 heterocycles. The molecule has 1 N–H and O–H groups in total. The molecular formula is C27H33N3O4S. The standard InChI is InChI=1S/C27H33N3O4S/c1-29-13-15-30(16-14-29)24(19-9-6-10-20(32-2)25(19)33-3)23-18-8-4-5-12-22(18)35-27(23)28-26(31)21-11-7-17-34-21/h6-7,9-11,17,24H,4-5,8,12-16H2,1-3H3,(H,28,31). The molecule has 0 radical (unpaired) electrons. The molecule has 0 bridgehead atoms. The zero-order valence-corrected chi connectivity index (χ0v) is 21.5. The van der Waals surface area contributed by atoms with E-state index in [4.69, 9.17) is 13.9 Å². The highest BCUT2D eigenvalue weighted by atomic mass is 32.1. The van der Waals surface area contributed by atoms with Crippen LogP contribution in [-0.4, -0.2) is 63.2 Å². The Morgan fingerprint density at radius 1 is 1.06 bits per heavy atom.